The van der Waals surface area contributed by atoms with Gasteiger partial charge >= 0.3 is 6.09 Å². The molecule has 2 rings (SSSR count). The molecule has 0 heterocycles. The predicted octanol–water partition coefficient (Wildman–Crippen LogP) is 2.52. The van der Waals surface area contributed by atoms with Crippen LogP contribution in [-0.4, -0.2) is 18.0 Å². The van der Waals surface area contributed by atoms with E-state index in [1.165, 1.54) is 0 Å². The van der Waals surface area contributed by atoms with Crippen LogP contribution in [0.15, 0.2) is 54.6 Å². The highest BCUT2D eigenvalue weighted by Gasteiger charge is 2.17. The van der Waals surface area contributed by atoms with E-state index in [0.717, 1.165) is 5.56 Å². The molecule has 0 saturated carbocycles. The first kappa shape index (κ1) is 16.4. The van der Waals surface area contributed by atoms with Crippen LogP contribution >= 0.6 is 0 Å². The lowest BCUT2D eigenvalue weighted by Gasteiger charge is -2.15. The number of carbonyl (C=O) groups is 2. The summed E-state index contributed by atoms with van der Waals surface area (Å²) in [5.74, 6) is -0.375. The maximum absolute atomic E-state index is 12.0. The standard InChI is InChI=1S/C17H19N3O3/c1-12(16(21)20-15-10-6-5-9-14(15)18)19-17(22)23-11-13-7-3-2-4-8-13/h2-10,12H,11,18H2,1H3,(H,19,22)(H,20,21)/t12-/m1/s1. The van der Waals surface area contributed by atoms with Gasteiger partial charge in [-0.1, -0.05) is 42.5 Å². The number of nitrogens with one attached hydrogen (secondary N) is 2. The smallest absolute Gasteiger partial charge is 0.408 e. The Morgan fingerprint density at radius 2 is 1.74 bits per heavy atom. The molecule has 23 heavy (non-hydrogen) atoms. The number of alkyl carbamates (subject to hydrolysis) is 1. The number of amides is 2. The van der Waals surface area contributed by atoms with Gasteiger partial charge in [-0.3, -0.25) is 4.79 Å². The molecule has 2 amide bonds. The highest BCUT2D eigenvalue weighted by Crippen LogP contribution is 2.16. The Morgan fingerprint density at radius 3 is 2.43 bits per heavy atom. The first-order valence-electron chi connectivity index (χ1n) is 7.19. The van der Waals surface area contributed by atoms with Crippen LogP contribution in [0.25, 0.3) is 0 Å². The topological polar surface area (TPSA) is 93.4 Å². The highest BCUT2D eigenvalue weighted by molar-refractivity contribution is 5.98. The molecule has 6 heteroatoms. The van der Waals surface area contributed by atoms with E-state index in [4.69, 9.17) is 10.5 Å². The summed E-state index contributed by atoms with van der Waals surface area (Å²) < 4.78 is 5.07. The van der Waals surface area contributed by atoms with Crippen molar-refractivity contribution in [1.29, 1.82) is 0 Å². The Kier molecular flexibility index (Phi) is 5.57. The van der Waals surface area contributed by atoms with E-state index in [-0.39, 0.29) is 12.5 Å². The van der Waals surface area contributed by atoms with Crippen LogP contribution in [-0.2, 0) is 16.1 Å². The fourth-order valence-corrected chi connectivity index (χ4v) is 1.86. The van der Waals surface area contributed by atoms with Gasteiger partial charge in [0.05, 0.1) is 11.4 Å². The van der Waals surface area contributed by atoms with Crippen LogP contribution in [0, 0.1) is 0 Å². The van der Waals surface area contributed by atoms with Gasteiger partial charge < -0.3 is 21.1 Å². The van der Waals surface area contributed by atoms with Gasteiger partial charge in [-0.2, -0.15) is 0 Å². The molecule has 2 aromatic carbocycles. The minimum absolute atomic E-state index is 0.145. The van der Waals surface area contributed by atoms with Crippen molar-refractivity contribution in [2.24, 2.45) is 0 Å². The van der Waals surface area contributed by atoms with Gasteiger partial charge in [-0.05, 0) is 24.6 Å². The van der Waals surface area contributed by atoms with Gasteiger partial charge in [0.25, 0.3) is 0 Å². The van der Waals surface area contributed by atoms with Crippen molar-refractivity contribution in [3.05, 3.63) is 60.2 Å². The van der Waals surface area contributed by atoms with Crippen molar-refractivity contribution < 1.29 is 14.3 Å². The molecule has 0 unspecified atom stereocenters. The molecular weight excluding hydrogens is 294 g/mol. The van der Waals surface area contributed by atoms with E-state index in [0.29, 0.717) is 11.4 Å². The summed E-state index contributed by atoms with van der Waals surface area (Å²) in [7, 11) is 0. The number of benzene rings is 2. The molecule has 120 valence electrons. The van der Waals surface area contributed by atoms with Crippen molar-refractivity contribution >= 4 is 23.4 Å². The summed E-state index contributed by atoms with van der Waals surface area (Å²) in [6.07, 6.45) is -0.655. The lowest BCUT2D eigenvalue weighted by molar-refractivity contribution is -0.117. The first-order valence-corrected chi connectivity index (χ1v) is 7.19. The monoisotopic (exact) mass is 313 g/mol. The van der Waals surface area contributed by atoms with Crippen LogP contribution in [0.2, 0.25) is 0 Å². The molecule has 4 N–H and O–H groups in total. The van der Waals surface area contributed by atoms with Crippen LogP contribution in [0.3, 0.4) is 0 Å². The quantitative estimate of drug-likeness (QED) is 0.739. The van der Waals surface area contributed by atoms with E-state index >= 15 is 0 Å². The highest BCUT2D eigenvalue weighted by atomic mass is 16.5. The Bertz CT molecular complexity index is 674. The molecular formula is C17H19N3O3. The third kappa shape index (κ3) is 5.03. The van der Waals surface area contributed by atoms with Gasteiger partial charge in [-0.15, -0.1) is 0 Å². The molecule has 0 aromatic heterocycles. The minimum Gasteiger partial charge on any atom is -0.445 e. The second-order valence-electron chi connectivity index (χ2n) is 5.00. The zero-order chi connectivity index (χ0) is 16.7. The molecule has 6 nitrogen and oxygen atoms in total. The number of anilines is 2. The van der Waals surface area contributed by atoms with Gasteiger partial charge in [0.1, 0.15) is 12.6 Å². The summed E-state index contributed by atoms with van der Waals surface area (Å²) in [4.78, 5) is 23.8. The zero-order valence-electron chi connectivity index (χ0n) is 12.8. The van der Waals surface area contributed by atoms with Crippen LogP contribution in [0.5, 0.6) is 0 Å². The summed E-state index contributed by atoms with van der Waals surface area (Å²) in [6, 6.07) is 15.4. The Balaban J connectivity index is 1.81. The van der Waals surface area contributed by atoms with Crippen LogP contribution in [0.1, 0.15) is 12.5 Å². The largest absolute Gasteiger partial charge is 0.445 e. The lowest BCUT2D eigenvalue weighted by atomic mass is 10.2. The van der Waals surface area contributed by atoms with E-state index < -0.39 is 12.1 Å². The minimum atomic E-state index is -0.752. The van der Waals surface area contributed by atoms with E-state index in [1.54, 1.807) is 31.2 Å². The number of nitrogen functional groups attached to an aromatic ring is 1. The Hall–Kier alpha value is -3.02. The van der Waals surface area contributed by atoms with Gasteiger partial charge in [0.2, 0.25) is 5.91 Å². The molecule has 0 spiro atoms. The molecule has 0 fully saturated rings. The number of carbonyl (C=O) groups excluding carboxylic acids is 2. The molecule has 0 aliphatic heterocycles. The van der Waals surface area contributed by atoms with E-state index in [2.05, 4.69) is 10.6 Å². The second kappa shape index (κ2) is 7.84. The van der Waals surface area contributed by atoms with Crippen molar-refractivity contribution in [1.82, 2.24) is 5.32 Å². The number of hydrogen-bond acceptors (Lipinski definition) is 4. The maximum Gasteiger partial charge on any atom is 0.408 e. The molecule has 0 radical (unpaired) electrons. The number of nitrogens with two attached hydrogens (primary N) is 1. The zero-order valence-corrected chi connectivity index (χ0v) is 12.8. The fraction of sp³-hybridized carbons (Fsp3) is 0.176. The molecule has 0 aliphatic carbocycles. The van der Waals surface area contributed by atoms with Gasteiger partial charge in [0.15, 0.2) is 0 Å². The average Bonchev–Trinajstić information content (AvgIpc) is 2.56. The summed E-state index contributed by atoms with van der Waals surface area (Å²) in [5, 5.41) is 5.13. The van der Waals surface area contributed by atoms with Gasteiger partial charge in [-0.25, -0.2) is 4.79 Å². The number of ether oxygens (including phenoxy) is 1. The van der Waals surface area contributed by atoms with Crippen molar-refractivity contribution in [2.75, 3.05) is 11.1 Å². The maximum atomic E-state index is 12.0. The van der Waals surface area contributed by atoms with Crippen LogP contribution in [0.4, 0.5) is 16.2 Å². The normalized spacial score (nSPS) is 11.3. The van der Waals surface area contributed by atoms with Crippen molar-refractivity contribution in [2.45, 2.75) is 19.6 Å². The summed E-state index contributed by atoms with van der Waals surface area (Å²) >= 11 is 0. The van der Waals surface area contributed by atoms with Crippen molar-refractivity contribution in [3.63, 3.8) is 0 Å². The molecule has 0 aliphatic rings. The molecule has 0 saturated heterocycles. The van der Waals surface area contributed by atoms with Gasteiger partial charge in [0, 0.05) is 0 Å². The number of para-hydroxylation sites is 2. The number of hydrogen-bond donors (Lipinski definition) is 3. The molecule has 1 atom stereocenters. The van der Waals surface area contributed by atoms with Crippen molar-refractivity contribution in [3.8, 4) is 0 Å². The van der Waals surface area contributed by atoms with E-state index in [1.807, 2.05) is 30.3 Å². The third-order valence-corrected chi connectivity index (χ3v) is 3.16. The average molecular weight is 313 g/mol. The third-order valence-electron chi connectivity index (χ3n) is 3.16. The SMILES string of the molecule is C[C@@H](NC(=O)OCc1ccccc1)C(=O)Nc1ccccc1N. The fourth-order valence-electron chi connectivity index (χ4n) is 1.86. The Labute approximate surface area is 134 Å². The first-order chi connectivity index (χ1) is 11.1. The lowest BCUT2D eigenvalue weighted by Crippen LogP contribution is -2.41. The Morgan fingerprint density at radius 1 is 1.09 bits per heavy atom. The molecule has 0 bridgehead atoms. The van der Waals surface area contributed by atoms with E-state index in [9.17, 15) is 9.59 Å². The predicted molar refractivity (Wildman–Crippen MR) is 88.7 cm³/mol. The summed E-state index contributed by atoms with van der Waals surface area (Å²) in [5.41, 5.74) is 7.59. The van der Waals surface area contributed by atoms with Crippen LogP contribution < -0.4 is 16.4 Å². The summed E-state index contributed by atoms with van der Waals surface area (Å²) in [6.45, 7) is 1.71. The second-order valence-corrected chi connectivity index (χ2v) is 5.00. The molecule has 2 aromatic rings. The number of rotatable bonds is 5.